The van der Waals surface area contributed by atoms with Gasteiger partial charge in [0.1, 0.15) is 5.75 Å². The zero-order valence-corrected chi connectivity index (χ0v) is 14.7. The molecule has 0 amide bonds. The maximum Gasteiger partial charge on any atom is 0.197 e. The smallest absolute Gasteiger partial charge is 0.197 e. The number of hydrogen-bond donors (Lipinski definition) is 1. The Morgan fingerprint density at radius 3 is 2.19 bits per heavy atom. The third-order valence-corrected chi connectivity index (χ3v) is 4.28. The minimum Gasteiger partial charge on any atom is -0.506 e. The molecule has 132 valence electrons. The summed E-state index contributed by atoms with van der Waals surface area (Å²) in [4.78, 5) is 25.2. The largest absolute Gasteiger partial charge is 0.506 e. The average Bonchev–Trinajstić information content (AvgIpc) is 2.66. The first kappa shape index (κ1) is 17.5. The van der Waals surface area contributed by atoms with Crippen molar-refractivity contribution in [3.05, 3.63) is 65.2 Å². The Hall–Kier alpha value is -3.34. The number of phenolic OH excluding ortho intramolecular Hbond substituents is 1. The lowest BCUT2D eigenvalue weighted by atomic mass is 9.91. The lowest BCUT2D eigenvalue weighted by Crippen LogP contribution is -2.09. The normalized spacial score (nSPS) is 10.6. The predicted molar refractivity (Wildman–Crippen MR) is 98.6 cm³/mol. The van der Waals surface area contributed by atoms with E-state index in [4.69, 9.17) is 9.47 Å². The third kappa shape index (κ3) is 2.77. The van der Waals surface area contributed by atoms with Crippen LogP contribution in [0.3, 0.4) is 0 Å². The van der Waals surface area contributed by atoms with Crippen LogP contribution >= 0.6 is 0 Å². The number of hydrogen-bond acceptors (Lipinski definition) is 5. The summed E-state index contributed by atoms with van der Waals surface area (Å²) in [5.41, 5.74) is 0.518. The Balaban J connectivity index is 2.37. The van der Waals surface area contributed by atoms with Crippen LogP contribution < -0.4 is 9.47 Å². The van der Waals surface area contributed by atoms with E-state index in [2.05, 4.69) is 0 Å². The number of fused-ring (bicyclic) bond motifs is 1. The van der Waals surface area contributed by atoms with E-state index in [1.165, 1.54) is 21.1 Å². The molecule has 0 saturated heterocycles. The van der Waals surface area contributed by atoms with Crippen LogP contribution in [0.5, 0.6) is 17.2 Å². The van der Waals surface area contributed by atoms with E-state index in [1.54, 1.807) is 48.5 Å². The van der Waals surface area contributed by atoms with E-state index >= 15 is 0 Å². The number of methoxy groups -OCH3 is 2. The van der Waals surface area contributed by atoms with E-state index in [0.29, 0.717) is 27.8 Å². The highest BCUT2D eigenvalue weighted by molar-refractivity contribution is 6.20. The molecule has 3 rings (SSSR count). The monoisotopic (exact) mass is 350 g/mol. The van der Waals surface area contributed by atoms with Gasteiger partial charge in [0, 0.05) is 21.9 Å². The summed E-state index contributed by atoms with van der Waals surface area (Å²) in [6.45, 7) is 1.36. The number of ketones is 2. The highest BCUT2D eigenvalue weighted by atomic mass is 16.5. The number of carbonyl (C=O) groups is 2. The number of Topliss-reactive ketones (excluding diaryl/α,β-unsaturated/α-hetero) is 1. The van der Waals surface area contributed by atoms with E-state index in [1.807, 2.05) is 0 Å². The Morgan fingerprint density at radius 1 is 0.923 bits per heavy atom. The lowest BCUT2D eigenvalue weighted by molar-refractivity contribution is 0.0988. The first-order chi connectivity index (χ1) is 12.5. The van der Waals surface area contributed by atoms with E-state index in [9.17, 15) is 14.7 Å². The van der Waals surface area contributed by atoms with Crippen LogP contribution in [0.2, 0.25) is 0 Å². The van der Waals surface area contributed by atoms with Gasteiger partial charge in [-0.1, -0.05) is 30.3 Å². The molecule has 0 atom stereocenters. The zero-order chi connectivity index (χ0) is 18.8. The fourth-order valence-corrected chi connectivity index (χ4v) is 3.02. The van der Waals surface area contributed by atoms with Crippen LogP contribution in [-0.2, 0) is 0 Å². The topological polar surface area (TPSA) is 72.8 Å². The van der Waals surface area contributed by atoms with E-state index < -0.39 is 5.78 Å². The van der Waals surface area contributed by atoms with Gasteiger partial charge in [-0.05, 0) is 25.1 Å². The molecule has 1 N–H and O–H groups in total. The number of benzene rings is 3. The molecular formula is C21H18O5. The molecule has 0 aliphatic rings. The third-order valence-electron chi connectivity index (χ3n) is 4.28. The van der Waals surface area contributed by atoms with Gasteiger partial charge in [-0.15, -0.1) is 0 Å². The summed E-state index contributed by atoms with van der Waals surface area (Å²) in [5, 5.41) is 11.7. The summed E-state index contributed by atoms with van der Waals surface area (Å²) in [5.74, 6) is -0.128. The molecule has 3 aromatic carbocycles. The van der Waals surface area contributed by atoms with E-state index in [0.717, 1.165) is 0 Å². The second-order valence-electron chi connectivity index (χ2n) is 5.80. The minimum atomic E-state index is -0.412. The van der Waals surface area contributed by atoms with Crippen LogP contribution in [-0.4, -0.2) is 30.9 Å². The molecule has 0 radical (unpaired) electrons. The summed E-state index contributed by atoms with van der Waals surface area (Å²) >= 11 is 0. The molecule has 0 aliphatic heterocycles. The number of ether oxygens (including phenoxy) is 2. The summed E-state index contributed by atoms with van der Waals surface area (Å²) in [6.07, 6.45) is 0. The molecular weight excluding hydrogens is 332 g/mol. The van der Waals surface area contributed by atoms with Gasteiger partial charge in [-0.25, -0.2) is 0 Å². The van der Waals surface area contributed by atoms with E-state index in [-0.39, 0.29) is 22.7 Å². The molecule has 0 aliphatic carbocycles. The van der Waals surface area contributed by atoms with Crippen LogP contribution in [0.1, 0.15) is 33.2 Å². The van der Waals surface area contributed by atoms with Gasteiger partial charge in [-0.2, -0.15) is 0 Å². The molecule has 0 unspecified atom stereocenters. The molecule has 3 aromatic rings. The molecule has 0 bridgehead atoms. The molecule has 5 heteroatoms. The molecule has 0 aromatic heterocycles. The summed E-state index contributed by atoms with van der Waals surface area (Å²) in [7, 11) is 2.98. The second kappa shape index (κ2) is 6.88. The van der Waals surface area contributed by atoms with Gasteiger partial charge in [0.05, 0.1) is 19.8 Å². The summed E-state index contributed by atoms with van der Waals surface area (Å²) < 4.78 is 10.7. The lowest BCUT2D eigenvalue weighted by Gasteiger charge is -2.16. The zero-order valence-electron chi connectivity index (χ0n) is 14.7. The first-order valence-corrected chi connectivity index (χ1v) is 8.01. The number of aromatic hydroxyl groups is 1. The SMILES string of the molecule is COc1ccc2c(O)c(C(=O)c3ccccc3)c(C(C)=O)cc2c1OC. The Labute approximate surface area is 150 Å². The number of phenols is 1. The van der Waals surface area contributed by atoms with Crippen molar-refractivity contribution in [2.24, 2.45) is 0 Å². The Kier molecular flexibility index (Phi) is 4.63. The van der Waals surface area contributed by atoms with Gasteiger partial charge in [0.2, 0.25) is 0 Å². The van der Waals surface area contributed by atoms with Crippen molar-refractivity contribution < 1.29 is 24.2 Å². The van der Waals surface area contributed by atoms with Crippen LogP contribution in [0.25, 0.3) is 10.8 Å². The van der Waals surface area contributed by atoms with Crippen molar-refractivity contribution in [2.45, 2.75) is 6.92 Å². The standard InChI is InChI=1S/C21H18O5/c1-12(22)15-11-16-14(9-10-17(25-2)21(16)26-3)20(24)18(15)19(23)13-7-5-4-6-8-13/h4-11,24H,1-3H3. The Bertz CT molecular complexity index is 1010. The van der Waals surface area contributed by atoms with Gasteiger partial charge in [0.25, 0.3) is 0 Å². The van der Waals surface area contributed by atoms with Crippen molar-refractivity contribution in [1.29, 1.82) is 0 Å². The number of rotatable bonds is 5. The molecule has 0 heterocycles. The van der Waals surface area contributed by atoms with Gasteiger partial charge in [0.15, 0.2) is 23.1 Å². The fraction of sp³-hybridized carbons (Fsp3) is 0.143. The van der Waals surface area contributed by atoms with Crippen molar-refractivity contribution in [3.63, 3.8) is 0 Å². The van der Waals surface area contributed by atoms with Crippen LogP contribution in [0.4, 0.5) is 0 Å². The minimum absolute atomic E-state index is 0.0107. The maximum absolute atomic E-state index is 12.9. The quantitative estimate of drug-likeness (QED) is 0.704. The molecule has 0 saturated carbocycles. The van der Waals surface area contributed by atoms with Gasteiger partial charge >= 0.3 is 0 Å². The predicted octanol–water partition coefficient (Wildman–Crippen LogP) is 4.00. The molecule has 26 heavy (non-hydrogen) atoms. The maximum atomic E-state index is 12.9. The van der Waals surface area contributed by atoms with Crippen molar-refractivity contribution >= 4 is 22.3 Å². The molecule has 0 spiro atoms. The van der Waals surface area contributed by atoms with Crippen LogP contribution in [0, 0.1) is 0 Å². The highest BCUT2D eigenvalue weighted by Crippen LogP contribution is 2.42. The van der Waals surface area contributed by atoms with Crippen molar-refractivity contribution in [1.82, 2.24) is 0 Å². The summed E-state index contributed by atoms with van der Waals surface area (Å²) in [6, 6.07) is 13.4. The highest BCUT2D eigenvalue weighted by Gasteiger charge is 2.25. The first-order valence-electron chi connectivity index (χ1n) is 8.01. The van der Waals surface area contributed by atoms with Gasteiger partial charge in [-0.3, -0.25) is 9.59 Å². The average molecular weight is 350 g/mol. The van der Waals surface area contributed by atoms with Crippen molar-refractivity contribution in [3.8, 4) is 17.2 Å². The van der Waals surface area contributed by atoms with Crippen molar-refractivity contribution in [2.75, 3.05) is 14.2 Å². The molecule has 0 fully saturated rings. The number of carbonyl (C=O) groups excluding carboxylic acids is 2. The van der Waals surface area contributed by atoms with Crippen LogP contribution in [0.15, 0.2) is 48.5 Å². The fourth-order valence-electron chi connectivity index (χ4n) is 3.02. The second-order valence-corrected chi connectivity index (χ2v) is 5.80. The van der Waals surface area contributed by atoms with Gasteiger partial charge < -0.3 is 14.6 Å². The molecule has 5 nitrogen and oxygen atoms in total. The Morgan fingerprint density at radius 2 is 1.62 bits per heavy atom.